The van der Waals surface area contributed by atoms with E-state index in [4.69, 9.17) is 11.0 Å². The van der Waals surface area contributed by atoms with Gasteiger partial charge in [0.05, 0.1) is 6.07 Å². The first kappa shape index (κ1) is 10.7. The van der Waals surface area contributed by atoms with Crippen LogP contribution in [0.25, 0.3) is 5.95 Å². The molecule has 0 aliphatic heterocycles. The summed E-state index contributed by atoms with van der Waals surface area (Å²) in [6, 6.07) is 1.57. The maximum absolute atomic E-state index is 8.68. The van der Waals surface area contributed by atoms with Gasteiger partial charge in [0.15, 0.2) is 0 Å². The number of nitrogen functional groups attached to an aromatic ring is 1. The minimum atomic E-state index is -0.430. The second kappa shape index (κ2) is 4.40. The molecule has 1 atom stereocenters. The third kappa shape index (κ3) is 2.43. The minimum absolute atomic E-state index is 0.0399. The fourth-order valence-electron chi connectivity index (χ4n) is 1.09. The molecular weight excluding hydrogens is 222 g/mol. The maximum atomic E-state index is 8.68. The van der Waals surface area contributed by atoms with Crippen LogP contribution in [0.15, 0.2) is 12.7 Å². The normalized spacial score (nSPS) is 11.8. The highest BCUT2D eigenvalue weighted by atomic mass is 15.4. The van der Waals surface area contributed by atoms with Gasteiger partial charge < -0.3 is 11.1 Å². The van der Waals surface area contributed by atoms with Gasteiger partial charge in [-0.3, -0.25) is 0 Å². The van der Waals surface area contributed by atoms with Gasteiger partial charge in [-0.05, 0) is 6.92 Å². The van der Waals surface area contributed by atoms with Crippen LogP contribution in [0, 0.1) is 11.3 Å². The van der Waals surface area contributed by atoms with E-state index in [0.717, 1.165) is 0 Å². The van der Waals surface area contributed by atoms with Gasteiger partial charge in [0.25, 0.3) is 5.95 Å². The van der Waals surface area contributed by atoms with Crippen LogP contribution < -0.4 is 11.1 Å². The van der Waals surface area contributed by atoms with Gasteiger partial charge in [0.1, 0.15) is 18.7 Å². The standard InChI is InChI=1S/C8H9N9/c1-5(2-9)13-7-14-6(10)15-8(16-7)17-4-11-3-12-17/h3-5H,1H3,(H3,10,13,14,15,16). The summed E-state index contributed by atoms with van der Waals surface area (Å²) in [5.74, 6) is 0.498. The molecule has 17 heavy (non-hydrogen) atoms. The molecule has 0 bridgehead atoms. The SMILES string of the molecule is CC(C#N)Nc1nc(N)nc(-n2cncn2)n1. The third-order valence-electron chi connectivity index (χ3n) is 1.80. The number of hydrogen-bond acceptors (Lipinski definition) is 8. The highest BCUT2D eigenvalue weighted by Crippen LogP contribution is 2.06. The zero-order chi connectivity index (χ0) is 12.3. The van der Waals surface area contributed by atoms with Crippen molar-refractivity contribution in [3.8, 4) is 12.0 Å². The summed E-state index contributed by atoms with van der Waals surface area (Å²) in [4.78, 5) is 15.6. The van der Waals surface area contributed by atoms with Crippen LogP contribution in [0.5, 0.6) is 0 Å². The number of nitrogens with one attached hydrogen (secondary N) is 1. The third-order valence-corrected chi connectivity index (χ3v) is 1.80. The first-order valence-electron chi connectivity index (χ1n) is 4.72. The van der Waals surface area contributed by atoms with Gasteiger partial charge in [0.2, 0.25) is 11.9 Å². The molecule has 2 aromatic heterocycles. The van der Waals surface area contributed by atoms with E-state index >= 15 is 0 Å². The van der Waals surface area contributed by atoms with E-state index in [1.807, 2.05) is 6.07 Å². The number of anilines is 2. The lowest BCUT2D eigenvalue weighted by atomic mass is 10.4. The van der Waals surface area contributed by atoms with Crippen molar-refractivity contribution in [1.29, 1.82) is 5.26 Å². The summed E-state index contributed by atoms with van der Waals surface area (Å²) in [5.41, 5.74) is 5.54. The van der Waals surface area contributed by atoms with Crippen molar-refractivity contribution in [3.63, 3.8) is 0 Å². The number of nitrogens with zero attached hydrogens (tertiary/aromatic N) is 7. The number of nitriles is 1. The molecule has 0 saturated heterocycles. The number of nitrogens with two attached hydrogens (primary N) is 1. The molecule has 0 amide bonds. The van der Waals surface area contributed by atoms with Crippen LogP contribution in [0.2, 0.25) is 0 Å². The lowest BCUT2D eigenvalue weighted by Gasteiger charge is -2.07. The van der Waals surface area contributed by atoms with Gasteiger partial charge in [-0.2, -0.15) is 30.0 Å². The van der Waals surface area contributed by atoms with E-state index < -0.39 is 6.04 Å². The van der Waals surface area contributed by atoms with E-state index in [1.165, 1.54) is 17.3 Å². The van der Waals surface area contributed by atoms with Crippen LogP contribution in [-0.4, -0.2) is 35.8 Å². The highest BCUT2D eigenvalue weighted by Gasteiger charge is 2.08. The second-order valence-corrected chi connectivity index (χ2v) is 3.15. The molecule has 1 unspecified atom stereocenters. The summed E-state index contributed by atoms with van der Waals surface area (Å²) in [7, 11) is 0. The van der Waals surface area contributed by atoms with Crippen molar-refractivity contribution in [1.82, 2.24) is 29.7 Å². The quantitative estimate of drug-likeness (QED) is 0.712. The molecule has 2 aromatic rings. The van der Waals surface area contributed by atoms with E-state index in [2.05, 4.69) is 30.4 Å². The molecule has 0 aromatic carbocycles. The zero-order valence-electron chi connectivity index (χ0n) is 8.94. The van der Waals surface area contributed by atoms with E-state index in [1.54, 1.807) is 6.92 Å². The largest absolute Gasteiger partial charge is 0.368 e. The predicted octanol–water partition coefficient (Wildman–Crippen LogP) is -0.642. The fourth-order valence-corrected chi connectivity index (χ4v) is 1.09. The Bertz CT molecular complexity index is 541. The van der Waals surface area contributed by atoms with Crippen LogP contribution in [0.1, 0.15) is 6.92 Å². The molecule has 3 N–H and O–H groups in total. The van der Waals surface area contributed by atoms with Crippen molar-refractivity contribution < 1.29 is 0 Å². The molecule has 0 aliphatic rings. The molecular formula is C8H9N9. The summed E-state index contributed by atoms with van der Waals surface area (Å²) in [5, 5.41) is 15.3. The Kier molecular flexibility index (Phi) is 2.78. The van der Waals surface area contributed by atoms with Gasteiger partial charge in [0, 0.05) is 0 Å². The van der Waals surface area contributed by atoms with E-state index in [9.17, 15) is 0 Å². The van der Waals surface area contributed by atoms with Gasteiger partial charge >= 0.3 is 0 Å². The Morgan fingerprint density at radius 3 is 2.94 bits per heavy atom. The number of aromatic nitrogens is 6. The molecule has 0 aliphatic carbocycles. The summed E-state index contributed by atoms with van der Waals surface area (Å²) in [6.07, 6.45) is 2.79. The fraction of sp³-hybridized carbons (Fsp3) is 0.250. The van der Waals surface area contributed by atoms with Crippen molar-refractivity contribution in [2.24, 2.45) is 0 Å². The Hall–Kier alpha value is -2.76. The molecule has 86 valence electrons. The molecule has 0 fully saturated rings. The average molecular weight is 231 g/mol. The summed E-state index contributed by atoms with van der Waals surface area (Å²) < 4.78 is 1.35. The smallest absolute Gasteiger partial charge is 0.258 e. The monoisotopic (exact) mass is 231 g/mol. The van der Waals surface area contributed by atoms with E-state index in [0.29, 0.717) is 0 Å². The highest BCUT2D eigenvalue weighted by molar-refractivity contribution is 5.36. The topological polar surface area (TPSA) is 131 Å². The zero-order valence-corrected chi connectivity index (χ0v) is 8.94. The molecule has 0 spiro atoms. The molecule has 9 heteroatoms. The van der Waals surface area contributed by atoms with Gasteiger partial charge in [-0.1, -0.05) is 0 Å². The maximum Gasteiger partial charge on any atom is 0.258 e. The minimum Gasteiger partial charge on any atom is -0.368 e. The molecule has 0 saturated carbocycles. The van der Waals surface area contributed by atoms with Crippen LogP contribution in [0.3, 0.4) is 0 Å². The Morgan fingerprint density at radius 1 is 1.47 bits per heavy atom. The van der Waals surface area contributed by atoms with Crippen molar-refractivity contribution >= 4 is 11.9 Å². The molecule has 2 heterocycles. The molecule has 0 radical (unpaired) electrons. The number of hydrogen-bond donors (Lipinski definition) is 2. The van der Waals surface area contributed by atoms with Crippen LogP contribution >= 0.6 is 0 Å². The van der Waals surface area contributed by atoms with Gasteiger partial charge in [-0.25, -0.2) is 4.98 Å². The van der Waals surface area contributed by atoms with Crippen LogP contribution in [0.4, 0.5) is 11.9 Å². The predicted molar refractivity (Wildman–Crippen MR) is 57.9 cm³/mol. The molecule has 2 rings (SSSR count). The van der Waals surface area contributed by atoms with E-state index in [-0.39, 0.29) is 17.8 Å². The second-order valence-electron chi connectivity index (χ2n) is 3.15. The van der Waals surface area contributed by atoms with Gasteiger partial charge in [-0.15, -0.1) is 0 Å². The van der Waals surface area contributed by atoms with Crippen molar-refractivity contribution in [3.05, 3.63) is 12.7 Å². The number of rotatable bonds is 3. The lowest BCUT2D eigenvalue weighted by molar-refractivity contribution is 0.794. The van der Waals surface area contributed by atoms with Crippen molar-refractivity contribution in [2.45, 2.75) is 13.0 Å². The Morgan fingerprint density at radius 2 is 2.29 bits per heavy atom. The van der Waals surface area contributed by atoms with Crippen LogP contribution in [-0.2, 0) is 0 Å². The first-order chi connectivity index (χ1) is 8.19. The average Bonchev–Trinajstić information content (AvgIpc) is 2.81. The summed E-state index contributed by atoms with van der Waals surface area (Å²) >= 11 is 0. The first-order valence-corrected chi connectivity index (χ1v) is 4.72. The lowest BCUT2D eigenvalue weighted by Crippen LogP contribution is -2.17. The van der Waals surface area contributed by atoms with Crippen molar-refractivity contribution in [2.75, 3.05) is 11.1 Å². The molecule has 9 nitrogen and oxygen atoms in total. The Labute approximate surface area is 96.4 Å². The summed E-state index contributed by atoms with van der Waals surface area (Å²) in [6.45, 7) is 1.68. The Balaban J connectivity index is 2.34.